The molecule has 0 radical (unpaired) electrons. The molecule has 1 heterocycles. The maximum atomic E-state index is 12.1. The number of hydrogen-bond acceptors (Lipinski definition) is 4. The first-order chi connectivity index (χ1) is 9.16. The van der Waals surface area contributed by atoms with E-state index in [-0.39, 0.29) is 11.9 Å². The van der Waals surface area contributed by atoms with Crippen LogP contribution in [0.2, 0.25) is 0 Å². The molecule has 1 fully saturated rings. The van der Waals surface area contributed by atoms with Gasteiger partial charge in [-0.05, 0) is 12.8 Å². The van der Waals surface area contributed by atoms with Crippen molar-refractivity contribution in [2.75, 3.05) is 14.1 Å². The van der Waals surface area contributed by atoms with Crippen LogP contribution in [0.25, 0.3) is 0 Å². The number of nitrogens with one attached hydrogen (secondary N) is 2. The number of imidazole rings is 1. The zero-order chi connectivity index (χ0) is 13.7. The van der Waals surface area contributed by atoms with E-state index in [1.165, 1.54) is 25.6 Å². The molecule has 1 aromatic heterocycles. The van der Waals surface area contributed by atoms with E-state index in [0.717, 1.165) is 12.8 Å². The number of rotatable bonds is 4. The molecule has 104 valence electrons. The maximum absolute atomic E-state index is 12.1. The average molecular weight is 264 g/mol. The Kier molecular flexibility index (Phi) is 4.48. The largest absolute Gasteiger partial charge is 0.348 e. The van der Waals surface area contributed by atoms with Gasteiger partial charge in [0, 0.05) is 20.1 Å². The van der Waals surface area contributed by atoms with Crippen molar-refractivity contribution < 1.29 is 4.79 Å². The molecule has 0 aliphatic heterocycles. The first kappa shape index (κ1) is 13.5. The second kappa shape index (κ2) is 6.31. The summed E-state index contributed by atoms with van der Waals surface area (Å²) >= 11 is 0. The molecule has 0 atom stereocenters. The second-order valence-electron chi connectivity index (χ2n) is 4.95. The van der Waals surface area contributed by atoms with Gasteiger partial charge < -0.3 is 10.3 Å². The Morgan fingerprint density at radius 1 is 1.42 bits per heavy atom. The molecule has 1 aliphatic carbocycles. The molecule has 0 aromatic carbocycles. The Labute approximate surface area is 112 Å². The second-order valence-corrected chi connectivity index (χ2v) is 4.95. The lowest BCUT2D eigenvalue weighted by atomic mass is 9.95. The van der Waals surface area contributed by atoms with Crippen molar-refractivity contribution in [3.8, 4) is 0 Å². The highest BCUT2D eigenvalue weighted by atomic mass is 16.2. The van der Waals surface area contributed by atoms with E-state index in [4.69, 9.17) is 0 Å². The monoisotopic (exact) mass is 264 g/mol. The normalized spacial score (nSPS) is 16.7. The summed E-state index contributed by atoms with van der Waals surface area (Å²) in [5.41, 5.74) is 0.371. The SMILES string of the molecule is CN(C)/N=N/c1nc[nH]c1C(=O)NC1CCCCC1. The number of nitrogens with zero attached hydrogens (tertiary/aromatic N) is 4. The summed E-state index contributed by atoms with van der Waals surface area (Å²) in [6.07, 6.45) is 7.18. The molecule has 7 nitrogen and oxygen atoms in total. The summed E-state index contributed by atoms with van der Waals surface area (Å²) in [5, 5.41) is 12.4. The summed E-state index contributed by atoms with van der Waals surface area (Å²) in [4.78, 5) is 19.0. The minimum Gasteiger partial charge on any atom is -0.348 e. The van der Waals surface area contributed by atoms with Crippen LogP contribution in [0, 0.1) is 0 Å². The lowest BCUT2D eigenvalue weighted by Gasteiger charge is -2.22. The number of amides is 1. The average Bonchev–Trinajstić information content (AvgIpc) is 2.86. The van der Waals surface area contributed by atoms with Crippen molar-refractivity contribution in [2.45, 2.75) is 38.1 Å². The molecular formula is C12H20N6O. The van der Waals surface area contributed by atoms with Gasteiger partial charge in [-0.2, -0.15) is 0 Å². The van der Waals surface area contributed by atoms with Gasteiger partial charge in [0.2, 0.25) is 5.82 Å². The third kappa shape index (κ3) is 3.77. The number of hydrogen-bond donors (Lipinski definition) is 2. The van der Waals surface area contributed by atoms with Gasteiger partial charge in [-0.15, -0.1) is 5.11 Å². The zero-order valence-corrected chi connectivity index (χ0v) is 11.4. The van der Waals surface area contributed by atoms with E-state index in [2.05, 4.69) is 25.6 Å². The minimum atomic E-state index is -0.155. The molecule has 0 unspecified atom stereocenters. The van der Waals surface area contributed by atoms with Crippen LogP contribution in [0.4, 0.5) is 5.82 Å². The van der Waals surface area contributed by atoms with Crippen molar-refractivity contribution in [1.82, 2.24) is 20.3 Å². The van der Waals surface area contributed by atoms with Gasteiger partial charge in [-0.1, -0.05) is 24.5 Å². The molecule has 0 spiro atoms. The van der Waals surface area contributed by atoms with E-state index in [1.54, 1.807) is 19.1 Å². The molecule has 1 saturated carbocycles. The number of aromatic amines is 1. The molecule has 1 aliphatic rings. The Morgan fingerprint density at radius 2 is 2.16 bits per heavy atom. The van der Waals surface area contributed by atoms with E-state index in [0.29, 0.717) is 11.5 Å². The van der Waals surface area contributed by atoms with Crippen LogP contribution in [0.5, 0.6) is 0 Å². The molecule has 2 rings (SSSR count). The van der Waals surface area contributed by atoms with Crippen LogP contribution in [-0.4, -0.2) is 41.0 Å². The summed E-state index contributed by atoms with van der Waals surface area (Å²) in [5.74, 6) is 0.166. The van der Waals surface area contributed by atoms with Crippen LogP contribution in [-0.2, 0) is 0 Å². The predicted molar refractivity (Wildman–Crippen MR) is 71.1 cm³/mol. The van der Waals surface area contributed by atoms with Gasteiger partial charge >= 0.3 is 0 Å². The van der Waals surface area contributed by atoms with Crippen LogP contribution in [0.1, 0.15) is 42.6 Å². The van der Waals surface area contributed by atoms with Crippen LogP contribution >= 0.6 is 0 Å². The number of H-pyrrole nitrogens is 1. The molecular weight excluding hydrogens is 244 g/mol. The third-order valence-electron chi connectivity index (χ3n) is 3.11. The fourth-order valence-electron chi connectivity index (χ4n) is 2.17. The molecule has 0 bridgehead atoms. The topological polar surface area (TPSA) is 85.7 Å². The Hall–Kier alpha value is -1.92. The number of carbonyl (C=O) groups is 1. The molecule has 0 saturated heterocycles. The zero-order valence-electron chi connectivity index (χ0n) is 11.4. The van der Waals surface area contributed by atoms with Gasteiger partial charge in [0.05, 0.1) is 6.33 Å². The van der Waals surface area contributed by atoms with Crippen molar-refractivity contribution in [2.24, 2.45) is 10.3 Å². The quantitative estimate of drug-likeness (QED) is 0.644. The van der Waals surface area contributed by atoms with Gasteiger partial charge in [0.15, 0.2) is 5.69 Å². The Bertz CT molecular complexity index is 447. The first-order valence-corrected chi connectivity index (χ1v) is 6.60. The summed E-state index contributed by atoms with van der Waals surface area (Å²) in [6.45, 7) is 0. The molecule has 1 amide bonds. The van der Waals surface area contributed by atoms with Crippen LogP contribution in [0.3, 0.4) is 0 Å². The van der Waals surface area contributed by atoms with Crippen molar-refractivity contribution in [3.05, 3.63) is 12.0 Å². The maximum Gasteiger partial charge on any atom is 0.271 e. The van der Waals surface area contributed by atoms with Crippen LogP contribution in [0.15, 0.2) is 16.7 Å². The smallest absolute Gasteiger partial charge is 0.271 e. The fraction of sp³-hybridized carbons (Fsp3) is 0.667. The van der Waals surface area contributed by atoms with Crippen molar-refractivity contribution >= 4 is 11.7 Å². The van der Waals surface area contributed by atoms with Gasteiger partial charge in [-0.3, -0.25) is 9.80 Å². The van der Waals surface area contributed by atoms with Crippen molar-refractivity contribution in [3.63, 3.8) is 0 Å². The minimum absolute atomic E-state index is 0.155. The molecule has 19 heavy (non-hydrogen) atoms. The van der Waals surface area contributed by atoms with Crippen LogP contribution < -0.4 is 5.32 Å². The highest BCUT2D eigenvalue weighted by Crippen LogP contribution is 2.19. The lowest BCUT2D eigenvalue weighted by Crippen LogP contribution is -2.36. The lowest BCUT2D eigenvalue weighted by molar-refractivity contribution is 0.0924. The fourth-order valence-corrected chi connectivity index (χ4v) is 2.17. The summed E-state index contributed by atoms with van der Waals surface area (Å²) < 4.78 is 0. The molecule has 7 heteroatoms. The first-order valence-electron chi connectivity index (χ1n) is 6.60. The standard InChI is InChI=1S/C12H20N6O/c1-18(2)17-16-11-10(13-8-14-11)12(19)15-9-6-4-3-5-7-9/h8-9H,3-7H2,1-2H3,(H,13,14)(H,15,19)/b17-16+. The number of aromatic nitrogens is 2. The van der Waals surface area contributed by atoms with Gasteiger partial charge in [0.25, 0.3) is 5.91 Å². The Balaban J connectivity index is 2.00. The van der Waals surface area contributed by atoms with Gasteiger partial charge in [0.1, 0.15) is 0 Å². The Morgan fingerprint density at radius 3 is 2.84 bits per heavy atom. The third-order valence-corrected chi connectivity index (χ3v) is 3.11. The molecule has 1 aromatic rings. The number of carbonyl (C=O) groups excluding carboxylic acids is 1. The van der Waals surface area contributed by atoms with E-state index in [1.807, 2.05) is 0 Å². The highest BCUT2D eigenvalue weighted by Gasteiger charge is 2.20. The van der Waals surface area contributed by atoms with Gasteiger partial charge in [-0.25, -0.2) is 4.98 Å². The van der Waals surface area contributed by atoms with Crippen molar-refractivity contribution in [1.29, 1.82) is 0 Å². The van der Waals surface area contributed by atoms with E-state index in [9.17, 15) is 4.79 Å². The highest BCUT2D eigenvalue weighted by molar-refractivity contribution is 5.96. The van der Waals surface area contributed by atoms with E-state index >= 15 is 0 Å². The summed E-state index contributed by atoms with van der Waals surface area (Å²) in [6, 6.07) is 0.267. The van der Waals surface area contributed by atoms with E-state index < -0.39 is 0 Å². The summed E-state index contributed by atoms with van der Waals surface area (Å²) in [7, 11) is 3.52. The predicted octanol–water partition coefficient (Wildman–Crippen LogP) is 2.03. The molecule has 2 N–H and O–H groups in total.